The van der Waals surface area contributed by atoms with E-state index < -0.39 is 0 Å². The largest absolute Gasteiger partial charge is 0.379 e. The Morgan fingerprint density at radius 3 is 2.50 bits per heavy atom. The average molecular weight is 147 g/mol. The van der Waals surface area contributed by atoms with Crippen LogP contribution in [0.3, 0.4) is 0 Å². The summed E-state index contributed by atoms with van der Waals surface area (Å²) in [4.78, 5) is 9.53. The fraction of sp³-hybridized carbons (Fsp3) is 1.00. The lowest BCUT2D eigenvalue weighted by Crippen LogP contribution is -2.06. The Bertz CT molecular complexity index is 77.4. The van der Waals surface area contributed by atoms with Crippen LogP contribution in [0, 0.1) is 4.91 Å². The van der Waals surface area contributed by atoms with Crippen LogP contribution in [0.4, 0.5) is 0 Å². The molecule has 0 aromatic rings. The van der Waals surface area contributed by atoms with Crippen LogP contribution in [0.15, 0.2) is 5.18 Å². The zero-order chi connectivity index (χ0) is 7.66. The van der Waals surface area contributed by atoms with Gasteiger partial charge in [-0.15, -0.1) is 0 Å². The Labute approximate surface area is 60.5 Å². The molecule has 0 bridgehead atoms. The SMILES string of the molecule is CCOCCOCCN=O. The molecule has 0 N–H and O–H groups in total. The van der Waals surface area contributed by atoms with Crippen LogP contribution in [0.25, 0.3) is 0 Å². The van der Waals surface area contributed by atoms with Gasteiger partial charge in [0.15, 0.2) is 0 Å². The molecule has 0 radical (unpaired) electrons. The van der Waals surface area contributed by atoms with Crippen LogP contribution < -0.4 is 0 Å². The van der Waals surface area contributed by atoms with Gasteiger partial charge < -0.3 is 9.47 Å². The molecule has 4 heteroatoms. The number of nitroso groups, excluding NO2 is 1. The van der Waals surface area contributed by atoms with Crippen LogP contribution in [0.5, 0.6) is 0 Å². The van der Waals surface area contributed by atoms with Crippen LogP contribution >= 0.6 is 0 Å². The number of hydrogen-bond donors (Lipinski definition) is 0. The normalized spacial score (nSPS) is 9.70. The standard InChI is InChI=1S/C6H13NO3/c1-2-9-5-6-10-4-3-7-8/h2-6H2,1H3. The minimum absolute atomic E-state index is 0.228. The Hall–Kier alpha value is -0.480. The highest BCUT2D eigenvalue weighted by atomic mass is 16.5. The number of rotatable bonds is 7. The van der Waals surface area contributed by atoms with Crippen molar-refractivity contribution in [3.05, 3.63) is 4.91 Å². The summed E-state index contributed by atoms with van der Waals surface area (Å²) in [6.45, 7) is 4.39. The Kier molecular flexibility index (Phi) is 8.11. The molecule has 0 aliphatic carbocycles. The predicted molar refractivity (Wildman–Crippen MR) is 38.0 cm³/mol. The molecule has 0 rings (SSSR count). The molecule has 0 aliphatic heterocycles. The van der Waals surface area contributed by atoms with E-state index in [1.54, 1.807) is 0 Å². The van der Waals surface area contributed by atoms with Gasteiger partial charge in [0.1, 0.15) is 6.54 Å². The van der Waals surface area contributed by atoms with Crippen molar-refractivity contribution in [2.45, 2.75) is 6.92 Å². The minimum Gasteiger partial charge on any atom is -0.379 e. The first-order valence-electron chi connectivity index (χ1n) is 3.36. The van der Waals surface area contributed by atoms with Crippen molar-refractivity contribution in [3.8, 4) is 0 Å². The molecule has 0 fully saturated rings. The van der Waals surface area contributed by atoms with Crippen molar-refractivity contribution in [1.82, 2.24) is 0 Å². The quantitative estimate of drug-likeness (QED) is 0.395. The van der Waals surface area contributed by atoms with Crippen molar-refractivity contribution in [2.24, 2.45) is 5.18 Å². The van der Waals surface area contributed by atoms with Gasteiger partial charge in [-0.05, 0) is 6.92 Å². The molecule has 0 aromatic heterocycles. The first kappa shape index (κ1) is 9.52. The third-order valence-electron chi connectivity index (χ3n) is 0.903. The summed E-state index contributed by atoms with van der Waals surface area (Å²) in [7, 11) is 0. The monoisotopic (exact) mass is 147 g/mol. The molecule has 60 valence electrons. The second-order valence-electron chi connectivity index (χ2n) is 1.66. The molecule has 0 unspecified atom stereocenters. The summed E-state index contributed by atoms with van der Waals surface area (Å²) in [5, 5.41) is 2.64. The molecule has 0 aromatic carbocycles. The summed E-state index contributed by atoms with van der Waals surface area (Å²) in [5.74, 6) is 0. The van der Waals surface area contributed by atoms with Gasteiger partial charge in [0.2, 0.25) is 0 Å². The van der Waals surface area contributed by atoms with Crippen LogP contribution in [-0.2, 0) is 9.47 Å². The molecule has 0 heterocycles. The Balaban J connectivity index is 2.70. The third-order valence-corrected chi connectivity index (χ3v) is 0.903. The van der Waals surface area contributed by atoms with Gasteiger partial charge in [-0.2, -0.15) is 4.91 Å². The first-order valence-corrected chi connectivity index (χ1v) is 3.36. The maximum Gasteiger partial charge on any atom is 0.104 e. The van der Waals surface area contributed by atoms with Crippen molar-refractivity contribution in [1.29, 1.82) is 0 Å². The molecule has 4 nitrogen and oxygen atoms in total. The predicted octanol–water partition coefficient (Wildman–Crippen LogP) is 0.806. The highest BCUT2D eigenvalue weighted by Crippen LogP contribution is 1.78. The summed E-state index contributed by atoms with van der Waals surface area (Å²) < 4.78 is 9.94. The van der Waals surface area contributed by atoms with Gasteiger partial charge in [0, 0.05) is 6.61 Å². The molecule has 0 saturated heterocycles. The second kappa shape index (κ2) is 8.52. The van der Waals surface area contributed by atoms with Crippen LogP contribution in [-0.4, -0.2) is 33.0 Å². The maximum absolute atomic E-state index is 9.53. The van der Waals surface area contributed by atoms with E-state index >= 15 is 0 Å². The summed E-state index contributed by atoms with van der Waals surface area (Å²) in [6.07, 6.45) is 0. The van der Waals surface area contributed by atoms with Gasteiger partial charge in [-0.25, -0.2) is 0 Å². The zero-order valence-electron chi connectivity index (χ0n) is 6.21. The third kappa shape index (κ3) is 7.52. The first-order chi connectivity index (χ1) is 4.91. The van der Waals surface area contributed by atoms with Gasteiger partial charge in [0.05, 0.1) is 19.8 Å². The van der Waals surface area contributed by atoms with E-state index in [0.29, 0.717) is 26.4 Å². The van der Waals surface area contributed by atoms with Crippen molar-refractivity contribution < 1.29 is 9.47 Å². The van der Waals surface area contributed by atoms with E-state index in [1.165, 1.54) is 0 Å². The van der Waals surface area contributed by atoms with E-state index in [2.05, 4.69) is 5.18 Å². The molecule has 0 saturated carbocycles. The van der Waals surface area contributed by atoms with Crippen LogP contribution in [0.2, 0.25) is 0 Å². The summed E-state index contributed by atoms with van der Waals surface area (Å²) in [5.41, 5.74) is 0. The number of ether oxygens (including phenoxy) is 2. The number of hydrogen-bond acceptors (Lipinski definition) is 4. The van der Waals surface area contributed by atoms with E-state index in [-0.39, 0.29) is 6.54 Å². The van der Waals surface area contributed by atoms with E-state index in [4.69, 9.17) is 9.47 Å². The lowest BCUT2D eigenvalue weighted by atomic mass is 10.7. The van der Waals surface area contributed by atoms with Gasteiger partial charge in [-0.3, -0.25) is 0 Å². The van der Waals surface area contributed by atoms with E-state index in [9.17, 15) is 4.91 Å². The van der Waals surface area contributed by atoms with E-state index in [1.807, 2.05) is 6.92 Å². The fourth-order valence-corrected chi connectivity index (χ4v) is 0.466. The summed E-state index contributed by atoms with van der Waals surface area (Å²) >= 11 is 0. The highest BCUT2D eigenvalue weighted by molar-refractivity contribution is 4.37. The smallest absolute Gasteiger partial charge is 0.104 e. The molecule has 0 atom stereocenters. The molecular formula is C6H13NO3. The van der Waals surface area contributed by atoms with Gasteiger partial charge >= 0.3 is 0 Å². The van der Waals surface area contributed by atoms with E-state index in [0.717, 1.165) is 0 Å². The lowest BCUT2D eigenvalue weighted by molar-refractivity contribution is 0.0561. The highest BCUT2D eigenvalue weighted by Gasteiger charge is 1.86. The topological polar surface area (TPSA) is 47.9 Å². The lowest BCUT2D eigenvalue weighted by Gasteiger charge is -2.00. The second-order valence-corrected chi connectivity index (χ2v) is 1.66. The van der Waals surface area contributed by atoms with Crippen molar-refractivity contribution in [3.63, 3.8) is 0 Å². The average Bonchev–Trinajstić information content (AvgIpc) is 1.97. The summed E-state index contributed by atoms with van der Waals surface area (Å²) in [6, 6.07) is 0. The molecule has 0 amide bonds. The van der Waals surface area contributed by atoms with Crippen LogP contribution in [0.1, 0.15) is 6.92 Å². The maximum atomic E-state index is 9.53. The van der Waals surface area contributed by atoms with Crippen molar-refractivity contribution >= 4 is 0 Å². The Morgan fingerprint density at radius 2 is 1.90 bits per heavy atom. The van der Waals surface area contributed by atoms with Gasteiger partial charge in [0.25, 0.3) is 0 Å². The molecule has 0 spiro atoms. The molecule has 0 aliphatic rings. The molecular weight excluding hydrogens is 134 g/mol. The Morgan fingerprint density at radius 1 is 1.20 bits per heavy atom. The zero-order valence-corrected chi connectivity index (χ0v) is 6.21. The van der Waals surface area contributed by atoms with Gasteiger partial charge in [-0.1, -0.05) is 5.18 Å². The fourth-order valence-electron chi connectivity index (χ4n) is 0.466. The molecule has 10 heavy (non-hydrogen) atoms. The number of nitrogens with zero attached hydrogens (tertiary/aromatic N) is 1. The minimum atomic E-state index is 0.228. The van der Waals surface area contributed by atoms with Crippen molar-refractivity contribution in [2.75, 3.05) is 33.0 Å².